The van der Waals surface area contributed by atoms with E-state index in [0.29, 0.717) is 4.77 Å². The molecule has 4 heteroatoms. The molecule has 3 nitrogen and oxygen atoms in total. The van der Waals surface area contributed by atoms with Crippen LogP contribution >= 0.6 is 12.2 Å². The van der Waals surface area contributed by atoms with E-state index in [1.165, 1.54) is 5.56 Å². The first kappa shape index (κ1) is 10.2. The van der Waals surface area contributed by atoms with Gasteiger partial charge < -0.3 is 4.98 Å². The molecule has 84 valence electrons. The summed E-state index contributed by atoms with van der Waals surface area (Å²) in [6.45, 7) is 2.06. The first-order chi connectivity index (χ1) is 8.25. The molecule has 0 aliphatic rings. The van der Waals surface area contributed by atoms with E-state index in [9.17, 15) is 0 Å². The number of fused-ring (bicyclic) bond motifs is 1. The monoisotopic (exact) mass is 241 g/mol. The Morgan fingerprint density at radius 2 is 2.12 bits per heavy atom. The van der Waals surface area contributed by atoms with Crippen molar-refractivity contribution in [2.45, 2.75) is 6.92 Å². The molecule has 0 unspecified atom stereocenters. The largest absolute Gasteiger partial charge is 0.329 e. The molecule has 0 fully saturated rings. The molecule has 0 aliphatic heterocycles. The maximum Gasteiger partial charge on any atom is 0.183 e. The van der Waals surface area contributed by atoms with E-state index in [4.69, 9.17) is 12.2 Å². The second-order valence-corrected chi connectivity index (χ2v) is 4.37. The van der Waals surface area contributed by atoms with Crippen molar-refractivity contribution in [3.05, 3.63) is 52.9 Å². The van der Waals surface area contributed by atoms with Crippen LogP contribution in [0, 0.1) is 11.7 Å². The van der Waals surface area contributed by atoms with Gasteiger partial charge in [-0.05, 0) is 49.0 Å². The van der Waals surface area contributed by atoms with Crippen molar-refractivity contribution < 1.29 is 0 Å². The summed E-state index contributed by atoms with van der Waals surface area (Å²) in [7, 11) is 0. The summed E-state index contributed by atoms with van der Waals surface area (Å²) in [5.74, 6) is 0. The van der Waals surface area contributed by atoms with E-state index in [0.717, 1.165) is 16.9 Å². The van der Waals surface area contributed by atoms with Gasteiger partial charge in [0.25, 0.3) is 0 Å². The van der Waals surface area contributed by atoms with Gasteiger partial charge in [-0.2, -0.15) is 0 Å². The van der Waals surface area contributed by atoms with E-state index < -0.39 is 0 Å². The number of nitrogens with one attached hydrogen (secondary N) is 1. The molecule has 1 N–H and O–H groups in total. The predicted molar refractivity (Wildman–Crippen MR) is 71.0 cm³/mol. The van der Waals surface area contributed by atoms with Gasteiger partial charge in [0.2, 0.25) is 0 Å². The second kappa shape index (κ2) is 3.82. The fourth-order valence-electron chi connectivity index (χ4n) is 1.95. The molecule has 0 aliphatic carbocycles. The highest BCUT2D eigenvalue weighted by molar-refractivity contribution is 7.71. The van der Waals surface area contributed by atoms with Gasteiger partial charge in [-0.25, -0.2) is 4.98 Å². The standard InChI is InChI=1S/C13H11N3S/c1-9-4-2-5-10(8-9)16-12-11(15-13(16)17)6-3-7-14-12/h2-8H,1H3,(H,15,17). The van der Waals surface area contributed by atoms with Crippen LogP contribution in [-0.4, -0.2) is 14.5 Å². The van der Waals surface area contributed by atoms with Crippen molar-refractivity contribution >= 4 is 23.4 Å². The number of hydrogen-bond donors (Lipinski definition) is 1. The Balaban J connectivity index is 2.37. The molecular formula is C13H11N3S. The van der Waals surface area contributed by atoms with Crippen molar-refractivity contribution in [1.29, 1.82) is 0 Å². The zero-order valence-electron chi connectivity index (χ0n) is 9.34. The summed E-state index contributed by atoms with van der Waals surface area (Å²) in [5, 5.41) is 0. The zero-order valence-corrected chi connectivity index (χ0v) is 10.2. The lowest BCUT2D eigenvalue weighted by Gasteiger charge is -2.04. The molecule has 17 heavy (non-hydrogen) atoms. The lowest BCUT2D eigenvalue weighted by molar-refractivity contribution is 1.04. The SMILES string of the molecule is Cc1cccc(-n2c(=S)[nH]c3cccnc32)c1. The van der Waals surface area contributed by atoms with E-state index in [2.05, 4.69) is 29.0 Å². The Bertz CT molecular complexity index is 740. The Morgan fingerprint density at radius 1 is 1.24 bits per heavy atom. The van der Waals surface area contributed by atoms with Gasteiger partial charge in [0.1, 0.15) is 0 Å². The lowest BCUT2D eigenvalue weighted by Crippen LogP contribution is -1.95. The van der Waals surface area contributed by atoms with Crippen LogP contribution in [0.2, 0.25) is 0 Å². The molecular weight excluding hydrogens is 230 g/mol. The van der Waals surface area contributed by atoms with Crippen molar-refractivity contribution in [3.63, 3.8) is 0 Å². The quantitative estimate of drug-likeness (QED) is 0.662. The number of rotatable bonds is 1. The summed E-state index contributed by atoms with van der Waals surface area (Å²) in [4.78, 5) is 7.53. The Morgan fingerprint density at radius 3 is 2.94 bits per heavy atom. The first-order valence-corrected chi connectivity index (χ1v) is 5.79. The van der Waals surface area contributed by atoms with Gasteiger partial charge in [-0.1, -0.05) is 12.1 Å². The third-order valence-corrected chi connectivity index (χ3v) is 2.99. The number of aromatic amines is 1. The molecule has 0 radical (unpaired) electrons. The fourth-order valence-corrected chi connectivity index (χ4v) is 2.25. The molecule has 0 bridgehead atoms. The number of aromatic nitrogens is 3. The van der Waals surface area contributed by atoms with Crippen molar-refractivity contribution in [3.8, 4) is 5.69 Å². The number of imidazole rings is 1. The summed E-state index contributed by atoms with van der Waals surface area (Å²) in [6, 6.07) is 12.1. The maximum atomic E-state index is 5.35. The van der Waals surface area contributed by atoms with Crippen LogP contribution in [0.25, 0.3) is 16.9 Å². The molecule has 0 saturated heterocycles. The third kappa shape index (κ3) is 1.66. The van der Waals surface area contributed by atoms with Crippen LogP contribution in [-0.2, 0) is 0 Å². The van der Waals surface area contributed by atoms with Crippen LogP contribution in [0.5, 0.6) is 0 Å². The zero-order chi connectivity index (χ0) is 11.8. The van der Waals surface area contributed by atoms with Gasteiger partial charge in [0.05, 0.1) is 11.2 Å². The van der Waals surface area contributed by atoms with Crippen LogP contribution in [0.3, 0.4) is 0 Å². The van der Waals surface area contributed by atoms with Crippen molar-refractivity contribution in [2.75, 3.05) is 0 Å². The molecule has 2 aromatic heterocycles. The molecule has 0 saturated carbocycles. The van der Waals surface area contributed by atoms with E-state index in [1.807, 2.05) is 28.8 Å². The minimum absolute atomic E-state index is 0.671. The fraction of sp³-hybridized carbons (Fsp3) is 0.0769. The van der Waals surface area contributed by atoms with Gasteiger partial charge in [-0.15, -0.1) is 0 Å². The van der Waals surface area contributed by atoms with Crippen LogP contribution in [0.1, 0.15) is 5.56 Å². The number of benzene rings is 1. The Labute approximate surface area is 104 Å². The lowest BCUT2D eigenvalue weighted by atomic mass is 10.2. The summed E-state index contributed by atoms with van der Waals surface area (Å²) in [5.41, 5.74) is 4.07. The summed E-state index contributed by atoms with van der Waals surface area (Å²) >= 11 is 5.35. The minimum Gasteiger partial charge on any atom is -0.329 e. The molecule has 3 rings (SSSR count). The van der Waals surface area contributed by atoms with Crippen molar-refractivity contribution in [1.82, 2.24) is 14.5 Å². The number of aryl methyl sites for hydroxylation is 1. The van der Waals surface area contributed by atoms with Crippen LogP contribution in [0.4, 0.5) is 0 Å². The van der Waals surface area contributed by atoms with E-state index >= 15 is 0 Å². The van der Waals surface area contributed by atoms with Crippen LogP contribution in [0.15, 0.2) is 42.6 Å². The first-order valence-electron chi connectivity index (χ1n) is 5.38. The molecule has 1 aromatic carbocycles. The average molecular weight is 241 g/mol. The Kier molecular flexibility index (Phi) is 2.30. The minimum atomic E-state index is 0.671. The van der Waals surface area contributed by atoms with Crippen molar-refractivity contribution in [2.24, 2.45) is 0 Å². The smallest absolute Gasteiger partial charge is 0.183 e. The second-order valence-electron chi connectivity index (χ2n) is 3.98. The van der Waals surface area contributed by atoms with E-state index in [-0.39, 0.29) is 0 Å². The predicted octanol–water partition coefficient (Wildman–Crippen LogP) is 3.39. The Hall–Kier alpha value is -1.94. The van der Waals surface area contributed by atoms with Gasteiger partial charge in [0, 0.05) is 6.20 Å². The number of pyridine rings is 1. The number of nitrogens with zero attached hydrogens (tertiary/aromatic N) is 2. The molecule has 3 aromatic rings. The molecule has 2 heterocycles. The highest BCUT2D eigenvalue weighted by atomic mass is 32.1. The van der Waals surface area contributed by atoms with Gasteiger partial charge in [-0.3, -0.25) is 4.57 Å². The average Bonchev–Trinajstić information content (AvgIpc) is 2.64. The maximum absolute atomic E-state index is 5.35. The normalized spacial score (nSPS) is 10.9. The topological polar surface area (TPSA) is 33.6 Å². The number of H-pyrrole nitrogens is 1. The molecule has 0 atom stereocenters. The summed E-state index contributed by atoms with van der Waals surface area (Å²) in [6.07, 6.45) is 1.78. The molecule has 0 amide bonds. The van der Waals surface area contributed by atoms with Gasteiger partial charge in [0.15, 0.2) is 10.4 Å². The van der Waals surface area contributed by atoms with E-state index in [1.54, 1.807) is 6.20 Å². The van der Waals surface area contributed by atoms with Crippen LogP contribution < -0.4 is 0 Å². The van der Waals surface area contributed by atoms with Gasteiger partial charge >= 0.3 is 0 Å². The summed E-state index contributed by atoms with van der Waals surface area (Å²) < 4.78 is 2.63. The highest BCUT2D eigenvalue weighted by Crippen LogP contribution is 2.17. The third-order valence-electron chi connectivity index (χ3n) is 2.70. The number of hydrogen-bond acceptors (Lipinski definition) is 2. The molecule has 0 spiro atoms. The highest BCUT2D eigenvalue weighted by Gasteiger charge is 2.06.